The quantitative estimate of drug-likeness (QED) is 0.185. The largest absolute Gasteiger partial charge is 0.310 e. The van der Waals surface area contributed by atoms with Crippen molar-refractivity contribution in [1.29, 1.82) is 0 Å². The summed E-state index contributed by atoms with van der Waals surface area (Å²) in [6.07, 6.45) is 6.97. The Morgan fingerprint density at radius 1 is 0.490 bits per heavy atom. The maximum absolute atomic E-state index is 14.5. The molecule has 0 radical (unpaired) electrons. The Kier molecular flexibility index (Phi) is 7.32. The number of sulfone groups is 1. The van der Waals surface area contributed by atoms with Gasteiger partial charge in [0.15, 0.2) is 0 Å². The molecular weight excluding hydrogens is 619 g/mol. The second kappa shape index (κ2) is 11.9. The maximum Gasteiger partial charge on any atom is 0.207 e. The van der Waals surface area contributed by atoms with Gasteiger partial charge in [0.1, 0.15) is 0 Å². The van der Waals surface area contributed by atoms with Gasteiger partial charge in [-0.3, -0.25) is 0 Å². The summed E-state index contributed by atoms with van der Waals surface area (Å²) in [4.78, 5) is 3.33. The topological polar surface area (TPSA) is 37.4 Å². The summed E-state index contributed by atoms with van der Waals surface area (Å²) in [5.41, 5.74) is 9.36. The van der Waals surface area contributed by atoms with Gasteiger partial charge in [0.25, 0.3) is 0 Å². The molecule has 0 saturated heterocycles. The molecule has 6 aromatic rings. The van der Waals surface area contributed by atoms with Crippen LogP contribution in [0.2, 0.25) is 0 Å². The molecule has 0 amide bonds. The van der Waals surface area contributed by atoms with Gasteiger partial charge in [0.05, 0.1) is 15.5 Å². The molecule has 0 unspecified atom stereocenters. The first kappa shape index (κ1) is 30.2. The lowest BCUT2D eigenvalue weighted by Gasteiger charge is -2.56. The molecule has 242 valence electrons. The van der Waals surface area contributed by atoms with E-state index in [2.05, 4.69) is 120 Å². The summed E-state index contributed by atoms with van der Waals surface area (Å²) in [5.74, 6) is 0.835. The molecule has 2 fully saturated rings. The van der Waals surface area contributed by atoms with Gasteiger partial charge in [0.2, 0.25) is 9.84 Å². The first-order valence-electron chi connectivity index (χ1n) is 17.7. The fourth-order valence-corrected chi connectivity index (χ4v) is 11.3. The minimum Gasteiger partial charge on any atom is -0.310 e. The molecule has 3 nitrogen and oxygen atoms in total. The van der Waals surface area contributed by atoms with E-state index in [1.165, 1.54) is 18.4 Å². The monoisotopic (exact) mass is 657 g/mol. The maximum atomic E-state index is 14.5. The summed E-state index contributed by atoms with van der Waals surface area (Å²) >= 11 is 0. The lowest BCUT2D eigenvalue weighted by Crippen LogP contribution is -2.51. The molecule has 2 aliphatic carbocycles. The van der Waals surface area contributed by atoms with Crippen molar-refractivity contribution >= 4 is 26.9 Å². The lowest BCUT2D eigenvalue weighted by atomic mass is 9.49. The van der Waals surface area contributed by atoms with E-state index in [1.807, 2.05) is 36.4 Å². The molecular formula is C45H39NO2S. The van der Waals surface area contributed by atoms with Gasteiger partial charge in [-0.1, -0.05) is 122 Å². The first-order chi connectivity index (χ1) is 24.1. The van der Waals surface area contributed by atoms with Crippen LogP contribution < -0.4 is 4.90 Å². The fourth-order valence-electron chi connectivity index (χ4n) is 9.55. The molecule has 3 aliphatic rings. The Morgan fingerprint density at radius 3 is 1.71 bits per heavy atom. The number of anilines is 3. The molecule has 2 saturated carbocycles. The van der Waals surface area contributed by atoms with Crippen molar-refractivity contribution in [2.75, 3.05) is 4.90 Å². The van der Waals surface area contributed by atoms with Gasteiger partial charge < -0.3 is 4.90 Å². The second-order valence-corrected chi connectivity index (χ2v) is 15.8. The summed E-state index contributed by atoms with van der Waals surface area (Å²) in [5, 5.41) is 0. The molecule has 4 heteroatoms. The molecule has 0 aromatic heterocycles. The molecule has 0 N–H and O–H groups in total. The van der Waals surface area contributed by atoms with E-state index >= 15 is 0 Å². The highest BCUT2D eigenvalue weighted by Gasteiger charge is 2.57. The van der Waals surface area contributed by atoms with Crippen molar-refractivity contribution in [2.45, 2.75) is 53.7 Å². The normalized spacial score (nSPS) is 21.8. The van der Waals surface area contributed by atoms with E-state index in [-0.39, 0.29) is 5.41 Å². The SMILES string of the molecule is O=S1(=O)c2ccccc2C2(c3cc(N(c4ccc(-c5ccccc5)cc4)c4ccccc4-c4ccccc4)ccc31)[C@H]1CCC[C@@H]2CCC1. The number of fused-ring (bicyclic) bond motifs is 2. The highest BCUT2D eigenvalue weighted by atomic mass is 32.2. The van der Waals surface area contributed by atoms with Crippen molar-refractivity contribution in [2.24, 2.45) is 11.8 Å². The van der Waals surface area contributed by atoms with Gasteiger partial charge in [0, 0.05) is 22.4 Å². The van der Waals surface area contributed by atoms with Crippen LogP contribution in [0.1, 0.15) is 49.7 Å². The average molecular weight is 658 g/mol. The standard InChI is InChI=1S/C45H39NO2S/c47-49(48)43-24-10-8-22-40(43)45(35-17-11-18-36(45)20-12-19-35)41-31-38(29-30-44(41)49)46(37-27-25-33(26-28-37)32-13-3-1-4-14-32)42-23-9-7-21-39(42)34-15-5-2-6-16-34/h1-10,13-16,21-31,35-36H,11-12,17-20H2/t35-,36+,45?. The number of benzene rings is 6. The molecule has 1 spiro atoms. The van der Waals surface area contributed by atoms with Crippen LogP contribution in [0.3, 0.4) is 0 Å². The minimum absolute atomic E-state index is 0.314. The van der Waals surface area contributed by atoms with E-state index in [0.717, 1.165) is 70.6 Å². The Hall–Kier alpha value is -4.93. The number of nitrogens with zero attached hydrogens (tertiary/aromatic N) is 1. The highest BCUT2D eigenvalue weighted by Crippen LogP contribution is 2.63. The highest BCUT2D eigenvalue weighted by molar-refractivity contribution is 7.91. The van der Waals surface area contributed by atoms with Crippen molar-refractivity contribution in [1.82, 2.24) is 0 Å². The smallest absolute Gasteiger partial charge is 0.207 e. The Balaban J connectivity index is 1.29. The number of para-hydroxylation sites is 1. The minimum atomic E-state index is -3.69. The third kappa shape index (κ3) is 4.72. The van der Waals surface area contributed by atoms with Gasteiger partial charge in [-0.2, -0.15) is 0 Å². The van der Waals surface area contributed by atoms with Crippen LogP contribution in [0.5, 0.6) is 0 Å². The fraction of sp³-hybridized carbons (Fsp3) is 0.200. The van der Waals surface area contributed by atoms with Crippen LogP contribution in [0, 0.1) is 11.8 Å². The van der Waals surface area contributed by atoms with Crippen molar-refractivity contribution < 1.29 is 8.42 Å². The van der Waals surface area contributed by atoms with E-state index in [0.29, 0.717) is 21.6 Å². The zero-order valence-electron chi connectivity index (χ0n) is 27.5. The average Bonchev–Trinajstić information content (AvgIpc) is 3.15. The summed E-state index contributed by atoms with van der Waals surface area (Å²) < 4.78 is 28.9. The predicted molar refractivity (Wildman–Crippen MR) is 199 cm³/mol. The van der Waals surface area contributed by atoms with Gasteiger partial charge in [-0.25, -0.2) is 8.42 Å². The Labute approximate surface area is 289 Å². The summed E-state index contributed by atoms with van der Waals surface area (Å²) in [6.45, 7) is 0. The van der Waals surface area contributed by atoms with Crippen LogP contribution in [0.25, 0.3) is 22.3 Å². The van der Waals surface area contributed by atoms with Crippen LogP contribution in [0.4, 0.5) is 17.1 Å². The zero-order valence-corrected chi connectivity index (χ0v) is 28.3. The van der Waals surface area contributed by atoms with E-state index < -0.39 is 9.84 Å². The Bertz CT molecular complexity index is 2240. The van der Waals surface area contributed by atoms with Crippen LogP contribution >= 0.6 is 0 Å². The molecule has 1 aliphatic heterocycles. The van der Waals surface area contributed by atoms with E-state index in [4.69, 9.17) is 0 Å². The molecule has 6 aromatic carbocycles. The zero-order chi connectivity index (χ0) is 33.0. The van der Waals surface area contributed by atoms with Crippen LogP contribution in [-0.4, -0.2) is 8.42 Å². The molecule has 49 heavy (non-hydrogen) atoms. The first-order valence-corrected chi connectivity index (χ1v) is 19.1. The van der Waals surface area contributed by atoms with E-state index in [9.17, 15) is 8.42 Å². The second-order valence-electron chi connectivity index (χ2n) is 13.9. The van der Waals surface area contributed by atoms with E-state index in [1.54, 1.807) is 0 Å². The number of hydrogen-bond donors (Lipinski definition) is 0. The van der Waals surface area contributed by atoms with Crippen molar-refractivity contribution in [3.63, 3.8) is 0 Å². The number of hydrogen-bond acceptors (Lipinski definition) is 3. The van der Waals surface area contributed by atoms with Crippen molar-refractivity contribution in [3.8, 4) is 22.3 Å². The molecule has 2 bridgehead atoms. The van der Waals surface area contributed by atoms with Gasteiger partial charge in [-0.05, 0) is 108 Å². The van der Waals surface area contributed by atoms with Gasteiger partial charge >= 0.3 is 0 Å². The summed E-state index contributed by atoms with van der Waals surface area (Å²) in [7, 11) is -3.69. The van der Waals surface area contributed by atoms with Crippen LogP contribution in [-0.2, 0) is 15.3 Å². The molecule has 9 rings (SSSR count). The Morgan fingerprint density at radius 2 is 1.02 bits per heavy atom. The third-order valence-corrected chi connectivity index (χ3v) is 13.4. The van der Waals surface area contributed by atoms with Crippen LogP contribution in [0.15, 0.2) is 161 Å². The number of rotatable bonds is 5. The molecule has 1 heterocycles. The molecule has 0 atom stereocenters. The lowest BCUT2D eigenvalue weighted by molar-refractivity contribution is 0.0783. The predicted octanol–water partition coefficient (Wildman–Crippen LogP) is 11.5. The van der Waals surface area contributed by atoms with Crippen molar-refractivity contribution in [3.05, 3.63) is 163 Å². The van der Waals surface area contributed by atoms with Gasteiger partial charge in [-0.15, -0.1) is 0 Å². The summed E-state index contributed by atoms with van der Waals surface area (Å²) in [6, 6.07) is 52.4. The third-order valence-electron chi connectivity index (χ3n) is 11.5.